The molecule has 0 spiro atoms. The second kappa shape index (κ2) is 6.09. The van der Waals surface area contributed by atoms with Crippen molar-refractivity contribution in [2.45, 2.75) is 0 Å². The molecule has 0 aliphatic carbocycles. The molecule has 0 amide bonds. The van der Waals surface area contributed by atoms with Crippen LogP contribution in [-0.4, -0.2) is 6.61 Å². The van der Waals surface area contributed by atoms with Crippen molar-refractivity contribution in [2.24, 2.45) is 0 Å². The maximum atomic E-state index is 11.8. The first-order valence-electron chi connectivity index (χ1n) is 6.70. The highest BCUT2D eigenvalue weighted by molar-refractivity contribution is 5.77. The van der Waals surface area contributed by atoms with Crippen molar-refractivity contribution in [3.05, 3.63) is 82.7 Å². The van der Waals surface area contributed by atoms with Crippen LogP contribution < -0.4 is 10.4 Å². The van der Waals surface area contributed by atoms with E-state index in [1.807, 2.05) is 60.7 Å². The van der Waals surface area contributed by atoms with E-state index in [-0.39, 0.29) is 5.75 Å². The lowest BCUT2D eigenvalue weighted by molar-refractivity contribution is 0.342. The van der Waals surface area contributed by atoms with Crippen molar-refractivity contribution in [3.63, 3.8) is 0 Å². The fraction of sp³-hybridized carbons (Fsp3) is 0.0556. The van der Waals surface area contributed by atoms with E-state index in [1.54, 1.807) is 12.1 Å². The summed E-state index contributed by atoms with van der Waals surface area (Å²) in [6.07, 6.45) is 3.81. The van der Waals surface area contributed by atoms with E-state index < -0.39 is 5.63 Å². The molecule has 0 N–H and O–H groups in total. The van der Waals surface area contributed by atoms with Crippen molar-refractivity contribution < 1.29 is 9.15 Å². The average Bonchev–Trinajstić information content (AvgIpc) is 2.53. The summed E-state index contributed by atoms with van der Waals surface area (Å²) in [5.41, 5.74) is 1.20. The Kier molecular flexibility index (Phi) is 3.83. The van der Waals surface area contributed by atoms with E-state index in [2.05, 4.69) is 0 Å². The highest BCUT2D eigenvalue weighted by Gasteiger charge is 2.04. The normalized spacial score (nSPS) is 11.0. The van der Waals surface area contributed by atoms with Crippen molar-refractivity contribution in [2.75, 3.05) is 6.61 Å². The Morgan fingerprint density at radius 1 is 1.00 bits per heavy atom. The molecule has 21 heavy (non-hydrogen) atoms. The van der Waals surface area contributed by atoms with Gasteiger partial charge in [0.1, 0.15) is 12.2 Å². The number of rotatable bonds is 4. The molecule has 0 fully saturated rings. The van der Waals surface area contributed by atoms with E-state index in [9.17, 15) is 4.79 Å². The molecular weight excluding hydrogens is 264 g/mol. The number of benzene rings is 2. The molecule has 0 bridgehead atoms. The topological polar surface area (TPSA) is 39.4 Å². The van der Waals surface area contributed by atoms with Gasteiger partial charge in [-0.25, -0.2) is 4.79 Å². The molecule has 1 heterocycles. The van der Waals surface area contributed by atoms with E-state index in [0.717, 1.165) is 10.9 Å². The van der Waals surface area contributed by atoms with E-state index in [0.29, 0.717) is 12.2 Å². The summed E-state index contributed by atoms with van der Waals surface area (Å²) >= 11 is 0. The van der Waals surface area contributed by atoms with Gasteiger partial charge in [-0.2, -0.15) is 0 Å². The minimum absolute atomic E-state index is 0.228. The molecule has 0 atom stereocenters. The first kappa shape index (κ1) is 13.2. The zero-order chi connectivity index (χ0) is 14.5. The highest BCUT2D eigenvalue weighted by atomic mass is 16.5. The molecule has 0 unspecified atom stereocenters. The third-order valence-corrected chi connectivity index (χ3v) is 3.05. The van der Waals surface area contributed by atoms with Crippen LogP contribution >= 0.6 is 0 Å². The fourth-order valence-electron chi connectivity index (χ4n) is 2.03. The van der Waals surface area contributed by atoms with Crippen molar-refractivity contribution >= 4 is 17.0 Å². The number of ether oxygens (including phenoxy) is 1. The molecule has 0 saturated carbocycles. The summed E-state index contributed by atoms with van der Waals surface area (Å²) in [5, 5.41) is 0.846. The van der Waals surface area contributed by atoms with Gasteiger partial charge in [0.25, 0.3) is 0 Å². The number of fused-ring (bicyclic) bond motifs is 1. The summed E-state index contributed by atoms with van der Waals surface area (Å²) in [5.74, 6) is 0.228. The van der Waals surface area contributed by atoms with Gasteiger partial charge >= 0.3 is 5.63 Å². The van der Waals surface area contributed by atoms with Crippen LogP contribution in [0.15, 0.2) is 76.0 Å². The molecule has 3 nitrogen and oxygen atoms in total. The molecule has 0 aliphatic rings. The van der Waals surface area contributed by atoms with Crippen molar-refractivity contribution in [1.29, 1.82) is 0 Å². The summed E-state index contributed by atoms with van der Waals surface area (Å²) < 4.78 is 10.7. The lowest BCUT2D eigenvalue weighted by Crippen LogP contribution is -2.06. The van der Waals surface area contributed by atoms with Gasteiger partial charge in [0, 0.05) is 5.39 Å². The van der Waals surface area contributed by atoms with Crippen LogP contribution in [0, 0.1) is 0 Å². The zero-order valence-corrected chi connectivity index (χ0v) is 11.4. The lowest BCUT2D eigenvalue weighted by Gasteiger charge is -2.03. The Morgan fingerprint density at radius 2 is 1.76 bits per heavy atom. The van der Waals surface area contributed by atoms with E-state index in [1.165, 1.54) is 0 Å². The third kappa shape index (κ3) is 3.20. The average molecular weight is 278 g/mol. The largest absolute Gasteiger partial charge is 0.482 e. The van der Waals surface area contributed by atoms with Crippen LogP contribution in [0.3, 0.4) is 0 Å². The number of hydrogen-bond acceptors (Lipinski definition) is 3. The molecule has 3 rings (SSSR count). The molecule has 2 aromatic carbocycles. The Hall–Kier alpha value is -2.81. The molecule has 104 valence electrons. The smallest absolute Gasteiger partial charge is 0.379 e. The first-order chi connectivity index (χ1) is 10.3. The monoisotopic (exact) mass is 278 g/mol. The SMILES string of the molecule is O=c1oc2ccccc2cc1OC/C=C/c1ccccc1. The second-order valence-corrected chi connectivity index (χ2v) is 4.56. The standard InChI is InChI=1S/C18H14O3/c19-18-17(13-15-10-4-5-11-16(15)21-18)20-12-6-9-14-7-2-1-3-8-14/h1-11,13H,12H2/b9-6+. The first-order valence-corrected chi connectivity index (χ1v) is 6.70. The van der Waals surface area contributed by atoms with Gasteiger partial charge in [-0.15, -0.1) is 0 Å². The Morgan fingerprint density at radius 3 is 2.62 bits per heavy atom. The molecule has 0 radical (unpaired) electrons. The van der Waals surface area contributed by atoms with Gasteiger partial charge in [0.05, 0.1) is 0 Å². The van der Waals surface area contributed by atoms with E-state index >= 15 is 0 Å². The fourth-order valence-corrected chi connectivity index (χ4v) is 2.03. The molecule has 1 aromatic heterocycles. The van der Waals surface area contributed by atoms with Gasteiger partial charge in [0.2, 0.25) is 5.75 Å². The second-order valence-electron chi connectivity index (χ2n) is 4.56. The minimum Gasteiger partial charge on any atom is -0.482 e. The van der Waals surface area contributed by atoms with E-state index in [4.69, 9.17) is 9.15 Å². The zero-order valence-electron chi connectivity index (χ0n) is 11.4. The quantitative estimate of drug-likeness (QED) is 0.680. The predicted octanol–water partition coefficient (Wildman–Crippen LogP) is 3.89. The van der Waals surface area contributed by atoms with Crippen molar-refractivity contribution in [1.82, 2.24) is 0 Å². The van der Waals surface area contributed by atoms with Gasteiger partial charge in [-0.05, 0) is 23.8 Å². The van der Waals surface area contributed by atoms with Gasteiger partial charge < -0.3 is 9.15 Å². The van der Waals surface area contributed by atoms with Crippen LogP contribution in [0.1, 0.15) is 5.56 Å². The van der Waals surface area contributed by atoms with Crippen LogP contribution in [0.4, 0.5) is 0 Å². The molecule has 0 saturated heterocycles. The van der Waals surface area contributed by atoms with Gasteiger partial charge in [0.15, 0.2) is 0 Å². The lowest BCUT2D eigenvalue weighted by atomic mass is 10.2. The number of hydrogen-bond donors (Lipinski definition) is 0. The summed E-state index contributed by atoms with van der Waals surface area (Å²) in [6.45, 7) is 0.317. The third-order valence-electron chi connectivity index (χ3n) is 3.05. The Labute approximate surface area is 122 Å². The molecular formula is C18H14O3. The summed E-state index contributed by atoms with van der Waals surface area (Å²) in [7, 11) is 0. The summed E-state index contributed by atoms with van der Waals surface area (Å²) in [6, 6.07) is 19.0. The molecule has 0 aliphatic heterocycles. The van der Waals surface area contributed by atoms with Crippen LogP contribution in [-0.2, 0) is 0 Å². The Balaban J connectivity index is 1.72. The van der Waals surface area contributed by atoms with Crippen LogP contribution in [0.5, 0.6) is 5.75 Å². The summed E-state index contributed by atoms with van der Waals surface area (Å²) in [4.78, 5) is 11.8. The number of para-hydroxylation sites is 1. The van der Waals surface area contributed by atoms with Gasteiger partial charge in [-0.1, -0.05) is 54.6 Å². The Bertz CT molecular complexity index is 816. The molecule has 3 heteroatoms. The van der Waals surface area contributed by atoms with Gasteiger partial charge in [-0.3, -0.25) is 0 Å². The van der Waals surface area contributed by atoms with Crippen LogP contribution in [0.2, 0.25) is 0 Å². The molecule has 3 aromatic rings. The van der Waals surface area contributed by atoms with Crippen LogP contribution in [0.25, 0.3) is 17.0 Å². The minimum atomic E-state index is -0.457. The van der Waals surface area contributed by atoms with Crippen molar-refractivity contribution in [3.8, 4) is 5.75 Å². The predicted molar refractivity (Wildman–Crippen MR) is 83.5 cm³/mol. The maximum absolute atomic E-state index is 11.8. The highest BCUT2D eigenvalue weighted by Crippen LogP contribution is 2.16. The maximum Gasteiger partial charge on any atom is 0.379 e.